The molecule has 0 fully saturated rings. The van der Waals surface area contributed by atoms with Crippen LogP contribution >= 0.6 is 0 Å². The van der Waals surface area contributed by atoms with E-state index in [1.54, 1.807) is 0 Å². The summed E-state index contributed by atoms with van der Waals surface area (Å²) in [6.45, 7) is 6.14. The van der Waals surface area contributed by atoms with E-state index in [-0.39, 0.29) is 6.04 Å². The van der Waals surface area contributed by atoms with Crippen LogP contribution < -0.4 is 10.5 Å². The lowest BCUT2D eigenvalue weighted by atomic mass is 10.1. The van der Waals surface area contributed by atoms with E-state index in [4.69, 9.17) is 10.5 Å². The molecule has 0 amide bonds. The normalized spacial score (nSPS) is 12.2. The van der Waals surface area contributed by atoms with Crippen LogP contribution in [0.1, 0.15) is 30.0 Å². The largest absolute Gasteiger partial charge is 0.438 e. The predicted octanol–water partition coefficient (Wildman–Crippen LogP) is 3.77. The lowest BCUT2D eigenvalue weighted by Crippen LogP contribution is -2.21. The predicted molar refractivity (Wildman–Crippen MR) is 82.2 cm³/mol. The minimum atomic E-state index is 0.194. The molecule has 0 aliphatic heterocycles. The van der Waals surface area contributed by atoms with Crippen LogP contribution in [0.5, 0.6) is 11.6 Å². The smallest absolute Gasteiger partial charge is 0.222 e. The van der Waals surface area contributed by atoms with Crippen molar-refractivity contribution >= 4 is 0 Å². The van der Waals surface area contributed by atoms with E-state index in [1.807, 2.05) is 44.3 Å². The van der Waals surface area contributed by atoms with Gasteiger partial charge in [0.2, 0.25) is 5.88 Å². The second kappa shape index (κ2) is 6.53. The molecular formula is C17H22N2O. The van der Waals surface area contributed by atoms with E-state index in [0.29, 0.717) is 5.88 Å². The maximum Gasteiger partial charge on any atom is 0.222 e. The van der Waals surface area contributed by atoms with Crippen LogP contribution in [0, 0.1) is 13.8 Å². The van der Waals surface area contributed by atoms with Gasteiger partial charge >= 0.3 is 0 Å². The summed E-state index contributed by atoms with van der Waals surface area (Å²) in [7, 11) is 0. The molecule has 106 valence electrons. The Bertz CT molecular complexity index is 581. The van der Waals surface area contributed by atoms with Crippen LogP contribution in [-0.2, 0) is 6.42 Å². The van der Waals surface area contributed by atoms with Crippen molar-refractivity contribution in [2.75, 3.05) is 0 Å². The highest BCUT2D eigenvalue weighted by molar-refractivity contribution is 5.38. The third kappa shape index (κ3) is 3.58. The number of ether oxygens (including phenoxy) is 1. The molecule has 0 aliphatic carbocycles. The van der Waals surface area contributed by atoms with Crippen LogP contribution in [0.3, 0.4) is 0 Å². The number of rotatable bonds is 5. The van der Waals surface area contributed by atoms with Gasteiger partial charge in [0.1, 0.15) is 5.75 Å². The van der Waals surface area contributed by atoms with Gasteiger partial charge in [0.15, 0.2) is 0 Å². The van der Waals surface area contributed by atoms with Crippen molar-refractivity contribution < 1.29 is 4.74 Å². The number of para-hydroxylation sites is 1. The van der Waals surface area contributed by atoms with Gasteiger partial charge in [-0.15, -0.1) is 0 Å². The molecule has 2 N–H and O–H groups in total. The van der Waals surface area contributed by atoms with E-state index in [9.17, 15) is 0 Å². The van der Waals surface area contributed by atoms with Gasteiger partial charge in [-0.2, -0.15) is 0 Å². The van der Waals surface area contributed by atoms with E-state index in [1.165, 1.54) is 0 Å². The molecule has 1 heterocycles. The van der Waals surface area contributed by atoms with Crippen LogP contribution in [0.4, 0.5) is 0 Å². The summed E-state index contributed by atoms with van der Waals surface area (Å²) in [6.07, 6.45) is 3.69. The molecule has 0 radical (unpaired) electrons. The van der Waals surface area contributed by atoms with E-state index in [2.05, 4.69) is 18.0 Å². The van der Waals surface area contributed by atoms with Crippen LogP contribution in [0.25, 0.3) is 0 Å². The molecule has 0 spiro atoms. The average Bonchev–Trinajstić information content (AvgIpc) is 2.44. The Hall–Kier alpha value is -1.87. The van der Waals surface area contributed by atoms with Gasteiger partial charge in [-0.05, 0) is 49.9 Å². The Morgan fingerprint density at radius 2 is 1.95 bits per heavy atom. The monoisotopic (exact) mass is 270 g/mol. The third-order valence-electron chi connectivity index (χ3n) is 3.41. The summed E-state index contributed by atoms with van der Waals surface area (Å²) >= 11 is 0. The molecule has 0 bridgehead atoms. The number of nitrogens with two attached hydrogens (primary N) is 1. The molecule has 0 saturated heterocycles. The van der Waals surface area contributed by atoms with Crippen molar-refractivity contribution in [3.63, 3.8) is 0 Å². The van der Waals surface area contributed by atoms with Gasteiger partial charge in [-0.25, -0.2) is 4.98 Å². The zero-order valence-corrected chi connectivity index (χ0v) is 12.4. The van der Waals surface area contributed by atoms with Gasteiger partial charge in [-0.1, -0.05) is 25.1 Å². The molecular weight excluding hydrogens is 248 g/mol. The number of aryl methyl sites for hydroxylation is 2. The summed E-state index contributed by atoms with van der Waals surface area (Å²) in [6, 6.07) is 10.2. The molecule has 2 aromatic rings. The second-order valence-electron chi connectivity index (χ2n) is 5.21. The van der Waals surface area contributed by atoms with Crippen LogP contribution in [0.15, 0.2) is 36.5 Å². The lowest BCUT2D eigenvalue weighted by molar-refractivity contribution is 0.455. The number of benzene rings is 1. The minimum absolute atomic E-state index is 0.194. The SMILES string of the molecule is CCC(N)Cc1cnc(Oc2ccccc2C)c(C)c1. The highest BCUT2D eigenvalue weighted by atomic mass is 16.5. The van der Waals surface area contributed by atoms with Crippen molar-refractivity contribution in [2.45, 2.75) is 39.7 Å². The summed E-state index contributed by atoms with van der Waals surface area (Å²) < 4.78 is 5.88. The Morgan fingerprint density at radius 3 is 2.60 bits per heavy atom. The maximum atomic E-state index is 5.98. The average molecular weight is 270 g/mol. The van der Waals surface area contributed by atoms with Gasteiger partial charge in [0.25, 0.3) is 0 Å². The fourth-order valence-electron chi connectivity index (χ4n) is 2.06. The van der Waals surface area contributed by atoms with Gasteiger partial charge in [0.05, 0.1) is 0 Å². The molecule has 20 heavy (non-hydrogen) atoms. The Balaban J connectivity index is 2.16. The zero-order chi connectivity index (χ0) is 14.5. The fraction of sp³-hybridized carbons (Fsp3) is 0.353. The maximum absolute atomic E-state index is 5.98. The quantitative estimate of drug-likeness (QED) is 0.899. The molecule has 2 rings (SSSR count). The van der Waals surface area contributed by atoms with Gasteiger partial charge in [-0.3, -0.25) is 0 Å². The van der Waals surface area contributed by atoms with E-state index in [0.717, 1.165) is 35.3 Å². The first kappa shape index (κ1) is 14.5. The standard InChI is InChI=1S/C17H22N2O/c1-4-15(18)10-14-9-13(3)17(19-11-14)20-16-8-6-5-7-12(16)2/h5-9,11,15H,4,10,18H2,1-3H3. The highest BCUT2D eigenvalue weighted by Crippen LogP contribution is 2.26. The molecule has 1 aromatic carbocycles. The molecule has 0 saturated carbocycles. The summed E-state index contributed by atoms with van der Waals surface area (Å²) in [5.74, 6) is 1.51. The van der Waals surface area contributed by atoms with Crippen molar-refractivity contribution in [2.24, 2.45) is 5.73 Å². The Morgan fingerprint density at radius 1 is 1.20 bits per heavy atom. The van der Waals surface area contributed by atoms with Crippen molar-refractivity contribution in [1.29, 1.82) is 0 Å². The number of nitrogens with zero attached hydrogens (tertiary/aromatic N) is 1. The second-order valence-corrected chi connectivity index (χ2v) is 5.21. The first-order valence-corrected chi connectivity index (χ1v) is 7.04. The number of pyridine rings is 1. The van der Waals surface area contributed by atoms with Crippen LogP contribution in [0.2, 0.25) is 0 Å². The molecule has 3 heteroatoms. The van der Waals surface area contributed by atoms with Crippen molar-refractivity contribution in [1.82, 2.24) is 4.98 Å². The number of aromatic nitrogens is 1. The van der Waals surface area contributed by atoms with Crippen molar-refractivity contribution in [3.05, 3.63) is 53.2 Å². The summed E-state index contributed by atoms with van der Waals surface area (Å²) in [4.78, 5) is 4.42. The van der Waals surface area contributed by atoms with E-state index < -0.39 is 0 Å². The number of hydrogen-bond acceptors (Lipinski definition) is 3. The fourth-order valence-corrected chi connectivity index (χ4v) is 2.06. The Labute approximate surface area is 120 Å². The minimum Gasteiger partial charge on any atom is -0.438 e. The van der Waals surface area contributed by atoms with Crippen LogP contribution in [-0.4, -0.2) is 11.0 Å². The lowest BCUT2D eigenvalue weighted by Gasteiger charge is -2.12. The summed E-state index contributed by atoms with van der Waals surface area (Å²) in [5.41, 5.74) is 9.28. The Kier molecular flexibility index (Phi) is 4.74. The van der Waals surface area contributed by atoms with Gasteiger partial charge < -0.3 is 10.5 Å². The topological polar surface area (TPSA) is 48.1 Å². The molecule has 0 aliphatic rings. The molecule has 3 nitrogen and oxygen atoms in total. The van der Waals surface area contributed by atoms with Gasteiger partial charge in [0, 0.05) is 17.8 Å². The van der Waals surface area contributed by atoms with Crippen molar-refractivity contribution in [3.8, 4) is 11.6 Å². The molecule has 1 atom stereocenters. The first-order chi connectivity index (χ1) is 9.60. The number of hydrogen-bond donors (Lipinski definition) is 1. The van der Waals surface area contributed by atoms with E-state index >= 15 is 0 Å². The first-order valence-electron chi connectivity index (χ1n) is 7.04. The molecule has 1 unspecified atom stereocenters. The summed E-state index contributed by atoms with van der Waals surface area (Å²) in [5, 5.41) is 0. The zero-order valence-electron chi connectivity index (χ0n) is 12.4. The third-order valence-corrected chi connectivity index (χ3v) is 3.41. The highest BCUT2D eigenvalue weighted by Gasteiger charge is 2.08. The molecule has 1 aromatic heterocycles.